The van der Waals surface area contributed by atoms with Gasteiger partial charge in [-0.1, -0.05) is 72.4 Å². The smallest absolute Gasteiger partial charge is 0.335 e. The largest absolute Gasteiger partial charge is 0.478 e. The molecule has 3 N–H and O–H groups in total. The quantitative estimate of drug-likeness (QED) is 0.227. The lowest BCUT2D eigenvalue weighted by atomic mass is 9.88. The van der Waals surface area contributed by atoms with E-state index >= 15 is 0 Å². The number of carboxylic acids is 1. The third-order valence-corrected chi connectivity index (χ3v) is 8.05. The van der Waals surface area contributed by atoms with Gasteiger partial charge in [0.2, 0.25) is 17.0 Å². The second-order valence-corrected chi connectivity index (χ2v) is 10.6. The van der Waals surface area contributed by atoms with Gasteiger partial charge in [0, 0.05) is 22.2 Å². The van der Waals surface area contributed by atoms with Crippen LogP contribution in [0.25, 0.3) is 0 Å². The van der Waals surface area contributed by atoms with Crippen LogP contribution in [-0.4, -0.2) is 31.7 Å². The molecular formula is C29H26ClN5O3S. The zero-order valence-corrected chi connectivity index (χ0v) is 22.9. The van der Waals surface area contributed by atoms with Crippen LogP contribution in [0.3, 0.4) is 0 Å². The molecule has 0 fully saturated rings. The van der Waals surface area contributed by atoms with E-state index in [0.29, 0.717) is 38.8 Å². The van der Waals surface area contributed by atoms with Crippen LogP contribution in [0, 0.1) is 19.8 Å². The number of halogens is 1. The lowest BCUT2D eigenvalue weighted by Gasteiger charge is -2.34. The van der Waals surface area contributed by atoms with Gasteiger partial charge in [0.05, 0.1) is 11.6 Å². The second kappa shape index (κ2) is 11.0. The van der Waals surface area contributed by atoms with Crippen molar-refractivity contribution < 1.29 is 14.7 Å². The number of fused-ring (bicyclic) bond motifs is 1. The number of hydrogen-bond donors (Lipinski definition) is 3. The lowest BCUT2D eigenvalue weighted by Crippen LogP contribution is -2.39. The summed E-state index contributed by atoms with van der Waals surface area (Å²) < 4.78 is 1.67. The van der Waals surface area contributed by atoms with Crippen molar-refractivity contribution in [2.75, 3.05) is 10.6 Å². The summed E-state index contributed by atoms with van der Waals surface area (Å²) in [5.74, 6) is -1.03. The van der Waals surface area contributed by atoms with Crippen LogP contribution in [0.2, 0.25) is 5.02 Å². The number of aromatic nitrogens is 3. The van der Waals surface area contributed by atoms with Crippen molar-refractivity contribution in [1.82, 2.24) is 14.8 Å². The van der Waals surface area contributed by atoms with Gasteiger partial charge >= 0.3 is 5.97 Å². The Labute approximate surface area is 235 Å². The van der Waals surface area contributed by atoms with Crippen molar-refractivity contribution in [3.63, 3.8) is 0 Å². The van der Waals surface area contributed by atoms with Gasteiger partial charge in [-0.15, -0.1) is 5.10 Å². The highest BCUT2D eigenvalue weighted by Crippen LogP contribution is 2.40. The molecule has 2 atom stereocenters. The Morgan fingerprint density at radius 1 is 1.10 bits per heavy atom. The second-order valence-electron chi connectivity index (χ2n) is 9.28. The summed E-state index contributed by atoms with van der Waals surface area (Å²) in [5.41, 5.74) is 5.03. The first-order valence-corrected chi connectivity index (χ1v) is 13.6. The SMILES string of the molecule is C=C1Nc2nc(SCc3ccccc3Cl)nn2C(c2ccc(C(=O)O)cc2)C1C(=O)Nc1cccc(C)c1C. The molecule has 39 heavy (non-hydrogen) atoms. The number of carboxylic acid groups (broad SMARTS) is 1. The topological polar surface area (TPSA) is 109 Å². The fourth-order valence-corrected chi connectivity index (χ4v) is 5.62. The number of carbonyl (C=O) groups is 2. The average Bonchev–Trinajstić information content (AvgIpc) is 3.32. The molecule has 0 saturated carbocycles. The van der Waals surface area contributed by atoms with E-state index in [1.54, 1.807) is 16.8 Å². The van der Waals surface area contributed by atoms with Gasteiger partial charge in [-0.3, -0.25) is 4.79 Å². The molecule has 1 aromatic heterocycles. The van der Waals surface area contributed by atoms with Crippen molar-refractivity contribution in [1.29, 1.82) is 0 Å². The van der Waals surface area contributed by atoms with E-state index in [1.165, 1.54) is 23.9 Å². The molecule has 4 aromatic rings. The molecule has 8 nitrogen and oxygen atoms in total. The highest BCUT2D eigenvalue weighted by atomic mass is 35.5. The Balaban J connectivity index is 1.51. The molecule has 1 aliphatic rings. The first kappa shape index (κ1) is 26.5. The molecule has 1 aliphatic heterocycles. The van der Waals surface area contributed by atoms with Crippen molar-refractivity contribution in [2.45, 2.75) is 30.8 Å². The Bertz CT molecular complexity index is 1580. The number of thioether (sulfide) groups is 1. The van der Waals surface area contributed by atoms with Crippen molar-refractivity contribution >= 4 is 46.9 Å². The molecule has 5 rings (SSSR count). The molecule has 10 heteroatoms. The first-order chi connectivity index (χ1) is 18.7. The number of carbonyl (C=O) groups excluding carboxylic acids is 1. The maximum absolute atomic E-state index is 13.8. The third-order valence-electron chi connectivity index (χ3n) is 6.80. The number of benzene rings is 3. The Hall–Kier alpha value is -4.08. The summed E-state index contributed by atoms with van der Waals surface area (Å²) >= 11 is 7.75. The molecule has 198 valence electrons. The fourth-order valence-electron chi connectivity index (χ4n) is 4.51. The molecule has 0 radical (unpaired) electrons. The highest BCUT2D eigenvalue weighted by Gasteiger charge is 2.40. The van der Waals surface area contributed by atoms with Crippen LogP contribution in [0.1, 0.15) is 38.7 Å². The van der Waals surface area contributed by atoms with Crippen molar-refractivity contribution in [3.8, 4) is 0 Å². The molecule has 0 bridgehead atoms. The summed E-state index contributed by atoms with van der Waals surface area (Å²) in [4.78, 5) is 29.9. The van der Waals surface area contributed by atoms with Gasteiger partial charge in [0.1, 0.15) is 5.92 Å². The van der Waals surface area contributed by atoms with Gasteiger partial charge in [-0.2, -0.15) is 4.98 Å². The summed E-state index contributed by atoms with van der Waals surface area (Å²) in [5, 5.41) is 21.5. The molecule has 3 aromatic carbocycles. The lowest BCUT2D eigenvalue weighted by molar-refractivity contribution is -0.119. The van der Waals surface area contributed by atoms with Gasteiger partial charge in [-0.05, 0) is 60.4 Å². The van der Waals surface area contributed by atoms with E-state index in [4.69, 9.17) is 16.7 Å². The van der Waals surface area contributed by atoms with E-state index in [0.717, 1.165) is 16.7 Å². The number of aryl methyl sites for hydroxylation is 1. The Morgan fingerprint density at radius 3 is 2.56 bits per heavy atom. The van der Waals surface area contributed by atoms with Crippen LogP contribution in [0.4, 0.5) is 11.6 Å². The van der Waals surface area contributed by atoms with E-state index in [1.807, 2.05) is 56.3 Å². The number of aromatic carboxylic acids is 1. The standard InChI is InChI=1S/C29H26ClN5O3S/c1-16-7-6-10-23(17(16)2)32-26(36)24-18(3)31-28-33-29(39-15-21-8-4-5-9-22(21)30)34-35(28)25(24)19-11-13-20(14-12-19)27(37)38/h4-14,24-25H,3,15H2,1-2H3,(H,32,36)(H,37,38)(H,31,33,34). The van der Waals surface area contributed by atoms with Crippen molar-refractivity contribution in [2.24, 2.45) is 5.92 Å². The molecule has 0 aliphatic carbocycles. The minimum Gasteiger partial charge on any atom is -0.478 e. The number of nitrogens with one attached hydrogen (secondary N) is 2. The van der Waals surface area contributed by atoms with Crippen LogP contribution < -0.4 is 10.6 Å². The monoisotopic (exact) mass is 559 g/mol. The average molecular weight is 560 g/mol. The summed E-state index contributed by atoms with van der Waals surface area (Å²) in [6, 6.07) is 19.2. The third kappa shape index (κ3) is 5.41. The zero-order chi connectivity index (χ0) is 27.7. The molecule has 2 heterocycles. The number of amides is 1. The van der Waals surface area contributed by atoms with E-state index < -0.39 is 17.9 Å². The molecular weight excluding hydrogens is 534 g/mol. The summed E-state index contributed by atoms with van der Waals surface area (Å²) in [6.45, 7) is 8.11. The van der Waals surface area contributed by atoms with Gasteiger partial charge in [-0.25, -0.2) is 9.48 Å². The molecule has 1 amide bonds. The summed E-state index contributed by atoms with van der Waals surface area (Å²) in [6.07, 6.45) is 0. The number of anilines is 2. The zero-order valence-electron chi connectivity index (χ0n) is 21.3. The van der Waals surface area contributed by atoms with Crippen LogP contribution >= 0.6 is 23.4 Å². The van der Waals surface area contributed by atoms with E-state index in [-0.39, 0.29) is 11.5 Å². The van der Waals surface area contributed by atoms with Crippen LogP contribution in [-0.2, 0) is 10.5 Å². The molecule has 2 unspecified atom stereocenters. The molecule has 0 spiro atoms. The van der Waals surface area contributed by atoms with Gasteiger partial charge < -0.3 is 15.7 Å². The normalized spacial score (nSPS) is 16.3. The first-order valence-electron chi connectivity index (χ1n) is 12.2. The fraction of sp³-hybridized carbons (Fsp3) is 0.172. The minimum atomic E-state index is -1.03. The maximum atomic E-state index is 13.8. The minimum absolute atomic E-state index is 0.151. The van der Waals surface area contributed by atoms with Crippen LogP contribution in [0.15, 0.2) is 84.2 Å². The van der Waals surface area contributed by atoms with Crippen molar-refractivity contribution in [3.05, 3.63) is 112 Å². The number of hydrogen-bond acceptors (Lipinski definition) is 6. The Morgan fingerprint density at radius 2 is 1.85 bits per heavy atom. The van der Waals surface area contributed by atoms with Gasteiger partial charge in [0.15, 0.2) is 0 Å². The molecule has 0 saturated heterocycles. The predicted molar refractivity (Wildman–Crippen MR) is 153 cm³/mol. The number of nitrogens with zero attached hydrogens (tertiary/aromatic N) is 3. The summed E-state index contributed by atoms with van der Waals surface area (Å²) in [7, 11) is 0. The van der Waals surface area contributed by atoms with E-state index in [9.17, 15) is 14.7 Å². The highest BCUT2D eigenvalue weighted by molar-refractivity contribution is 7.98. The van der Waals surface area contributed by atoms with Gasteiger partial charge in [0.25, 0.3) is 0 Å². The van der Waals surface area contributed by atoms with E-state index in [2.05, 4.69) is 22.2 Å². The Kier molecular flexibility index (Phi) is 7.45. The number of rotatable bonds is 7. The maximum Gasteiger partial charge on any atom is 0.335 e. The predicted octanol–water partition coefficient (Wildman–Crippen LogP) is 6.32. The van der Waals surface area contributed by atoms with Crippen LogP contribution in [0.5, 0.6) is 0 Å².